The van der Waals surface area contributed by atoms with E-state index in [0.717, 1.165) is 232 Å². The lowest BCUT2D eigenvalue weighted by Crippen LogP contribution is -2.38. The van der Waals surface area contributed by atoms with Crippen LogP contribution >= 0.6 is 46.4 Å². The molecule has 0 spiro atoms. The number of allylic oxidation sites excluding steroid dienone is 4. The number of hydrogen-bond donors (Lipinski definition) is 10. The van der Waals surface area contributed by atoms with E-state index in [-0.39, 0.29) is 119 Å². The summed E-state index contributed by atoms with van der Waals surface area (Å²) in [6.45, 7) is 8.95. The maximum absolute atomic E-state index is 12.0. The number of carbonyl (C=O) groups excluding carboxylic acids is 4. The first-order valence-electron chi connectivity index (χ1n) is 57.2. The van der Waals surface area contributed by atoms with Crippen molar-refractivity contribution in [2.45, 2.75) is 402 Å². The lowest BCUT2D eigenvalue weighted by Gasteiger charge is -2.26. The van der Waals surface area contributed by atoms with E-state index in [1.165, 1.54) is 128 Å². The Labute approximate surface area is 893 Å². The number of ether oxygens (including phenoxy) is 6. The van der Waals surface area contributed by atoms with E-state index in [2.05, 4.69) is 82.6 Å². The van der Waals surface area contributed by atoms with Crippen LogP contribution in [0.2, 0.25) is 0 Å². The molecule has 22 nitrogen and oxygen atoms in total. The summed E-state index contributed by atoms with van der Waals surface area (Å²) < 4.78 is 31.2. The van der Waals surface area contributed by atoms with Crippen molar-refractivity contribution in [3.8, 4) is 0 Å². The van der Waals surface area contributed by atoms with Gasteiger partial charge in [0.1, 0.15) is 26.4 Å². The van der Waals surface area contributed by atoms with E-state index in [9.17, 15) is 60.0 Å². The maximum atomic E-state index is 12.0. The number of alkyl halides is 4. The SMILES string of the molecule is O=C(CCC/C=C\C[C@@H]1[C@@H](c2ccc(C(O)CC3CCCCC3)cc2)[C@H](O)C[C@H]1Cl)OCCN1CCOCC1.O=C(CCC/C=C\C[C@@H]1[C@@H](c2ccc(C(O)CC3CCCCC3)cc2)[C@H](O)C[C@H]1Cl)OCCO.O=C(CCCCCC[C@@H]1[C@@H](c2ccc(C(O)CC3CCCCC3)cc2)[C@H](O)C[C@H]1Cl)OCCN1CCOCC1.O=C(CCCCCC[C@@H]1[C@@H](c2ccc(C(O)CC3CCCCC3)cc2)[C@H](O)C[C@H]1Cl)OCCO. The van der Waals surface area contributed by atoms with Crippen molar-refractivity contribution in [1.29, 1.82) is 0 Å². The largest absolute Gasteiger partial charge is 0.464 e. The third-order valence-corrected chi connectivity index (χ3v) is 35.4. The highest BCUT2D eigenvalue weighted by Gasteiger charge is 2.46. The van der Waals surface area contributed by atoms with Gasteiger partial charge in [0, 0.05) is 110 Å². The Morgan fingerprint density at radius 2 is 0.568 bits per heavy atom. The summed E-state index contributed by atoms with van der Waals surface area (Å²) in [4.78, 5) is 51.6. The van der Waals surface area contributed by atoms with Gasteiger partial charge in [0.05, 0.1) is 88.5 Å². The standard InChI is InChI=1S/C32H50ClNO5.C32H48ClNO5.C28H43ClO5.C28H41ClO5/c2*33-28-23-30(36)32(26-14-12-25(13-15-26)29(35)22-24-8-4-3-5-9-24)27(28)10-6-1-2-7-11-31(37)39-21-18-34-16-19-38-20-17-34;2*29-24-19-26(32)28(23(24)10-6-1-2-7-11-27(33)34-17-16-30)22-14-12-21(13-15-22)25(31)18-20-8-4-3-5-9-20/h12-15,24,27-30,32,35-36H,1-11,16-23H2;1,6,12-15,24,27-30,32,35-36H,2-5,7-11,16-23H2;12-15,20,23-26,28,30-32H,1-11,16-19H2;1,6,12-15,20,23-26,28,30-32H,2-5,7-11,16-19H2/b;6-1-;;6-1-/t2*27-,28+,29?,30+,32+;2*23-,24+,25?,26+,28+/m0000/s1. The molecular weight excluding hydrogens is 1930 g/mol. The molecule has 146 heavy (non-hydrogen) atoms. The van der Waals surface area contributed by atoms with Crippen LogP contribution < -0.4 is 0 Å². The fraction of sp³-hybridized carbons (Fsp3) is 0.733. The summed E-state index contributed by atoms with van der Waals surface area (Å²) in [5.74, 6) is 2.55. The lowest BCUT2D eigenvalue weighted by molar-refractivity contribution is -0.145. The molecule has 2 heterocycles. The molecule has 4 unspecified atom stereocenters. The minimum absolute atomic E-state index is 0.0110. The van der Waals surface area contributed by atoms with Gasteiger partial charge in [-0.25, -0.2) is 0 Å². The second-order valence-corrected chi connectivity index (χ2v) is 46.3. The number of nitrogens with zero attached hydrogens (tertiary/aromatic N) is 2. The molecule has 14 rings (SSSR count). The molecule has 2 aliphatic heterocycles. The van der Waals surface area contributed by atoms with Gasteiger partial charge in [-0.15, -0.1) is 46.4 Å². The lowest BCUT2D eigenvalue weighted by atomic mass is 9.82. The fourth-order valence-corrected chi connectivity index (χ4v) is 26.8. The van der Waals surface area contributed by atoms with E-state index in [1.807, 2.05) is 48.5 Å². The molecular formula is C120H182Cl4N2O20. The van der Waals surface area contributed by atoms with Gasteiger partial charge in [-0.1, -0.05) is 288 Å². The Balaban J connectivity index is 0.000000186. The van der Waals surface area contributed by atoms with Crippen LogP contribution in [-0.2, 0) is 47.6 Å². The molecule has 4 aromatic carbocycles. The van der Waals surface area contributed by atoms with E-state index < -0.39 is 48.8 Å². The molecule has 20 atom stereocenters. The Morgan fingerprint density at radius 3 is 0.842 bits per heavy atom. The topological polar surface area (TPSA) is 332 Å². The number of hydrogen-bond acceptors (Lipinski definition) is 22. The number of esters is 4. The van der Waals surface area contributed by atoms with Crippen LogP contribution in [0.1, 0.15) is 401 Å². The number of aliphatic hydroxyl groups is 10. The summed E-state index contributed by atoms with van der Waals surface area (Å²) in [6.07, 6.45) is 52.1. The number of aliphatic hydroxyl groups excluding tert-OH is 10. The van der Waals surface area contributed by atoms with Gasteiger partial charge < -0.3 is 79.5 Å². The first kappa shape index (κ1) is 121. The zero-order valence-corrected chi connectivity index (χ0v) is 90.6. The van der Waals surface area contributed by atoms with Crippen LogP contribution in [0.3, 0.4) is 0 Å². The van der Waals surface area contributed by atoms with Gasteiger partial charge in [0.25, 0.3) is 0 Å². The highest BCUT2D eigenvalue weighted by molar-refractivity contribution is 6.22. The Morgan fingerprint density at radius 1 is 0.322 bits per heavy atom. The minimum Gasteiger partial charge on any atom is -0.464 e. The number of benzene rings is 4. The van der Waals surface area contributed by atoms with Gasteiger partial charge in [0.15, 0.2) is 0 Å². The summed E-state index contributed by atoms with van der Waals surface area (Å²) in [7, 11) is 0. The van der Waals surface area contributed by atoms with Gasteiger partial charge in [-0.3, -0.25) is 29.0 Å². The van der Waals surface area contributed by atoms with Crippen LogP contribution in [0.4, 0.5) is 0 Å². The smallest absolute Gasteiger partial charge is 0.305 e. The Hall–Kier alpha value is -5.16. The molecule has 0 radical (unpaired) electrons. The second kappa shape index (κ2) is 68.2. The highest BCUT2D eigenvalue weighted by Crippen LogP contribution is 2.51. The third-order valence-electron chi connectivity index (χ3n) is 33.4. The number of unbranched alkanes of at least 4 members (excludes halogenated alkanes) is 8. The fourth-order valence-electron chi connectivity index (χ4n) is 25.0. The van der Waals surface area contributed by atoms with Crippen molar-refractivity contribution < 1.29 is 98.7 Å². The third kappa shape index (κ3) is 41.9. The van der Waals surface area contributed by atoms with Gasteiger partial charge in [-0.2, -0.15) is 0 Å². The normalized spacial score (nSPS) is 27.1. The molecule has 8 aliphatic carbocycles. The molecule has 10 N–H and O–H groups in total. The molecule has 4 aromatic rings. The zero-order valence-electron chi connectivity index (χ0n) is 87.6. The van der Waals surface area contributed by atoms with E-state index in [4.69, 9.17) is 85.0 Å². The second-order valence-electron chi connectivity index (χ2n) is 44.1. The van der Waals surface area contributed by atoms with Crippen molar-refractivity contribution in [3.63, 3.8) is 0 Å². The monoisotopic (exact) mass is 2110 g/mol. The summed E-state index contributed by atoms with van der Waals surface area (Å²) >= 11 is 26.7. The summed E-state index contributed by atoms with van der Waals surface area (Å²) in [6, 6.07) is 32.9. The van der Waals surface area contributed by atoms with Crippen molar-refractivity contribution in [2.24, 2.45) is 47.3 Å². The first-order chi connectivity index (χ1) is 71.0. The van der Waals surface area contributed by atoms with Crippen molar-refractivity contribution >= 4 is 70.3 Å². The van der Waals surface area contributed by atoms with Crippen molar-refractivity contribution in [1.82, 2.24) is 9.80 Å². The van der Waals surface area contributed by atoms with Crippen LogP contribution in [-0.4, -0.2) is 236 Å². The van der Waals surface area contributed by atoms with Gasteiger partial charge >= 0.3 is 23.9 Å². The predicted molar refractivity (Wildman–Crippen MR) is 580 cm³/mol. The quantitative estimate of drug-likeness (QED) is 0.00645. The average molecular weight is 2110 g/mol. The average Bonchev–Trinajstić information content (AvgIpc) is 1.66. The number of halogens is 4. The molecule has 0 aromatic heterocycles. The Kier molecular flexibility index (Phi) is 56.5. The van der Waals surface area contributed by atoms with E-state index >= 15 is 0 Å². The molecule has 26 heteroatoms. The molecule has 8 saturated carbocycles. The number of carbonyl (C=O) groups is 4. The molecule has 10 fully saturated rings. The van der Waals surface area contributed by atoms with Crippen LogP contribution in [0.25, 0.3) is 0 Å². The minimum atomic E-state index is -0.472. The summed E-state index contributed by atoms with van der Waals surface area (Å²) in [5, 5.41) is 103. The molecule has 2 saturated heterocycles. The van der Waals surface area contributed by atoms with Crippen LogP contribution in [0.5, 0.6) is 0 Å². The highest BCUT2D eigenvalue weighted by atomic mass is 35.5. The predicted octanol–water partition coefficient (Wildman–Crippen LogP) is 22.8. The summed E-state index contributed by atoms with van der Waals surface area (Å²) in [5.41, 5.74) is 8.29. The van der Waals surface area contributed by atoms with Gasteiger partial charge in [-0.05, 0) is 207 Å². The van der Waals surface area contributed by atoms with Crippen LogP contribution in [0.15, 0.2) is 121 Å². The van der Waals surface area contributed by atoms with Gasteiger partial charge in [0.2, 0.25) is 0 Å². The van der Waals surface area contributed by atoms with Crippen LogP contribution in [0, 0.1) is 47.3 Å². The first-order valence-corrected chi connectivity index (χ1v) is 58.9. The van der Waals surface area contributed by atoms with E-state index in [1.54, 1.807) is 0 Å². The zero-order chi connectivity index (χ0) is 104. The molecule has 0 bridgehead atoms. The van der Waals surface area contributed by atoms with Crippen molar-refractivity contribution in [3.05, 3.63) is 166 Å². The van der Waals surface area contributed by atoms with E-state index in [0.29, 0.717) is 94.7 Å². The molecule has 10 aliphatic rings. The number of rotatable bonds is 52. The number of morpholine rings is 2. The molecule has 820 valence electrons. The molecule has 0 amide bonds. The Bertz CT molecular complexity index is 4270. The van der Waals surface area contributed by atoms with Crippen molar-refractivity contribution in [2.75, 3.05) is 105 Å². The maximum Gasteiger partial charge on any atom is 0.305 e.